The van der Waals surface area contributed by atoms with Crippen LogP contribution in [0.1, 0.15) is 48.4 Å². The molecule has 4 heterocycles. The lowest BCUT2D eigenvalue weighted by Crippen LogP contribution is -2.59. The average Bonchev–Trinajstić information content (AvgIpc) is 3.64. The number of hydrogen-bond acceptors (Lipinski definition) is 3. The zero-order chi connectivity index (χ0) is 20.8. The quantitative estimate of drug-likeness (QED) is 0.819. The summed E-state index contributed by atoms with van der Waals surface area (Å²) >= 11 is 0. The molecule has 1 N–H and O–H groups in total. The second kappa shape index (κ2) is 7.86. The zero-order valence-corrected chi connectivity index (χ0v) is 18.0. The number of carbonyl (C=O) groups is 1. The second-order valence-corrected chi connectivity index (χ2v) is 9.63. The molecule has 31 heavy (non-hydrogen) atoms. The first-order chi connectivity index (χ1) is 15.2. The van der Waals surface area contributed by atoms with Gasteiger partial charge in [-0.3, -0.25) is 0 Å². The van der Waals surface area contributed by atoms with Crippen LogP contribution in [0.25, 0.3) is 0 Å². The molecule has 1 saturated carbocycles. The van der Waals surface area contributed by atoms with Crippen LogP contribution in [0, 0.1) is 5.92 Å². The molecule has 0 unspecified atom stereocenters. The van der Waals surface area contributed by atoms with E-state index >= 15 is 0 Å². The van der Waals surface area contributed by atoms with E-state index in [0.717, 1.165) is 43.7 Å². The molecule has 2 bridgehead atoms. The van der Waals surface area contributed by atoms with Gasteiger partial charge in [0.2, 0.25) is 0 Å². The Hall–Kier alpha value is -2.53. The molecule has 2 atom stereocenters. The smallest absolute Gasteiger partial charge is 0.318 e. The van der Waals surface area contributed by atoms with Crippen LogP contribution in [0.3, 0.4) is 0 Å². The largest absolute Gasteiger partial charge is 0.490 e. The van der Waals surface area contributed by atoms with Gasteiger partial charge in [-0.25, -0.2) is 4.79 Å². The fourth-order valence-electron chi connectivity index (χ4n) is 5.62. The maximum atomic E-state index is 13.5. The maximum Gasteiger partial charge on any atom is 0.318 e. The summed E-state index contributed by atoms with van der Waals surface area (Å²) in [5, 5.41) is 3.42. The number of fused-ring (bicyclic) bond motifs is 4. The monoisotopic (exact) mass is 417 g/mol. The molecular formula is C26H31N3O2. The van der Waals surface area contributed by atoms with Crippen LogP contribution >= 0.6 is 0 Å². The van der Waals surface area contributed by atoms with Crippen LogP contribution in [-0.4, -0.2) is 54.2 Å². The summed E-state index contributed by atoms with van der Waals surface area (Å²) in [6.07, 6.45) is 6.03. The number of amides is 2. The van der Waals surface area contributed by atoms with Crippen LogP contribution in [0.15, 0.2) is 48.5 Å². The van der Waals surface area contributed by atoms with Gasteiger partial charge in [0, 0.05) is 19.1 Å². The van der Waals surface area contributed by atoms with Gasteiger partial charge in [0.1, 0.15) is 5.75 Å². The summed E-state index contributed by atoms with van der Waals surface area (Å²) in [4.78, 5) is 18.1. The molecule has 5 aliphatic rings. The van der Waals surface area contributed by atoms with E-state index in [1.54, 1.807) is 0 Å². The van der Waals surface area contributed by atoms with E-state index in [1.165, 1.54) is 37.1 Å². The Bertz CT molecular complexity index is 947. The SMILES string of the molecule is O=C(N[C@@H]1CN2CCC1CC2)N1CCc2ccccc2[C@H]1c1ccc(OC2CC2)cc1. The minimum Gasteiger partial charge on any atom is -0.490 e. The summed E-state index contributed by atoms with van der Waals surface area (Å²) in [6.45, 7) is 4.12. The van der Waals surface area contributed by atoms with E-state index in [0.29, 0.717) is 12.0 Å². The minimum absolute atomic E-state index is 0.0546. The fraction of sp³-hybridized carbons (Fsp3) is 0.500. The van der Waals surface area contributed by atoms with Gasteiger partial charge in [-0.15, -0.1) is 0 Å². The number of hydrogen-bond donors (Lipinski definition) is 1. The van der Waals surface area contributed by atoms with Gasteiger partial charge < -0.3 is 19.9 Å². The Morgan fingerprint density at radius 3 is 2.42 bits per heavy atom. The van der Waals surface area contributed by atoms with Crippen molar-refractivity contribution in [1.82, 2.24) is 15.1 Å². The highest BCUT2D eigenvalue weighted by atomic mass is 16.5. The highest BCUT2D eigenvalue weighted by molar-refractivity contribution is 5.76. The molecular weight excluding hydrogens is 386 g/mol. The van der Waals surface area contributed by atoms with Crippen molar-refractivity contribution >= 4 is 6.03 Å². The Labute approximate surface area is 184 Å². The van der Waals surface area contributed by atoms with Crippen molar-refractivity contribution in [2.24, 2.45) is 5.92 Å². The lowest BCUT2D eigenvalue weighted by atomic mass is 9.84. The number of carbonyl (C=O) groups excluding carboxylic acids is 1. The molecule has 7 rings (SSSR count). The molecule has 4 aliphatic heterocycles. The van der Waals surface area contributed by atoms with Crippen molar-refractivity contribution in [3.8, 4) is 5.75 Å². The van der Waals surface area contributed by atoms with Crippen molar-refractivity contribution in [2.45, 2.75) is 50.3 Å². The predicted molar refractivity (Wildman–Crippen MR) is 120 cm³/mol. The third-order valence-corrected chi connectivity index (χ3v) is 7.53. The van der Waals surface area contributed by atoms with Crippen LogP contribution in [-0.2, 0) is 6.42 Å². The molecule has 0 aromatic heterocycles. The molecule has 2 amide bonds. The topological polar surface area (TPSA) is 44.8 Å². The molecule has 0 radical (unpaired) electrons. The lowest BCUT2D eigenvalue weighted by molar-refractivity contribution is 0.0715. The summed E-state index contributed by atoms with van der Waals surface area (Å²) in [5.41, 5.74) is 3.74. The highest BCUT2D eigenvalue weighted by Crippen LogP contribution is 2.37. The van der Waals surface area contributed by atoms with E-state index in [-0.39, 0.29) is 18.1 Å². The molecule has 4 fully saturated rings. The first-order valence-corrected chi connectivity index (χ1v) is 11.9. The number of rotatable bonds is 4. The number of nitrogens with zero attached hydrogens (tertiary/aromatic N) is 2. The lowest BCUT2D eigenvalue weighted by Gasteiger charge is -2.46. The number of ether oxygens (including phenoxy) is 1. The number of urea groups is 1. The fourth-order valence-corrected chi connectivity index (χ4v) is 5.62. The Balaban J connectivity index is 1.27. The Morgan fingerprint density at radius 2 is 1.71 bits per heavy atom. The van der Waals surface area contributed by atoms with E-state index in [9.17, 15) is 4.79 Å². The van der Waals surface area contributed by atoms with Gasteiger partial charge in [0.15, 0.2) is 0 Å². The molecule has 0 spiro atoms. The average molecular weight is 418 g/mol. The summed E-state index contributed by atoms with van der Waals surface area (Å²) in [7, 11) is 0. The van der Waals surface area contributed by atoms with Gasteiger partial charge >= 0.3 is 6.03 Å². The van der Waals surface area contributed by atoms with E-state index < -0.39 is 0 Å². The van der Waals surface area contributed by atoms with Gasteiger partial charge in [-0.1, -0.05) is 36.4 Å². The van der Waals surface area contributed by atoms with Crippen LogP contribution in [0.2, 0.25) is 0 Å². The standard InChI is InChI=1S/C26H31N3O2/c30-26(27-24-17-28-14-11-19(24)12-15-28)29-16-13-18-3-1-2-4-23(18)25(29)20-5-7-21(8-6-20)31-22-9-10-22/h1-8,19,22,24-25H,9-17H2,(H,27,30)/t24-,25-/m1/s1. The Kier molecular flexibility index (Phi) is 4.87. The summed E-state index contributed by atoms with van der Waals surface area (Å²) in [5.74, 6) is 1.56. The van der Waals surface area contributed by atoms with Crippen molar-refractivity contribution in [3.05, 3.63) is 65.2 Å². The molecule has 2 aromatic carbocycles. The minimum atomic E-state index is -0.0546. The highest BCUT2D eigenvalue weighted by Gasteiger charge is 2.38. The number of nitrogens with one attached hydrogen (secondary N) is 1. The van der Waals surface area contributed by atoms with Gasteiger partial charge in [-0.2, -0.15) is 0 Å². The summed E-state index contributed by atoms with van der Waals surface area (Å²) in [6, 6.07) is 17.3. The van der Waals surface area contributed by atoms with E-state index in [2.05, 4.69) is 63.6 Å². The van der Waals surface area contributed by atoms with E-state index in [4.69, 9.17) is 4.74 Å². The zero-order valence-electron chi connectivity index (χ0n) is 18.0. The number of piperidine rings is 3. The molecule has 1 aliphatic carbocycles. The third-order valence-electron chi connectivity index (χ3n) is 7.53. The maximum absolute atomic E-state index is 13.5. The molecule has 3 saturated heterocycles. The molecule has 2 aromatic rings. The van der Waals surface area contributed by atoms with Crippen molar-refractivity contribution in [3.63, 3.8) is 0 Å². The molecule has 5 heteroatoms. The van der Waals surface area contributed by atoms with Crippen LogP contribution in [0.4, 0.5) is 4.79 Å². The van der Waals surface area contributed by atoms with E-state index in [1.807, 2.05) is 0 Å². The van der Waals surface area contributed by atoms with Crippen LogP contribution in [0.5, 0.6) is 5.75 Å². The third kappa shape index (κ3) is 3.80. The van der Waals surface area contributed by atoms with Crippen molar-refractivity contribution in [1.29, 1.82) is 0 Å². The van der Waals surface area contributed by atoms with Gasteiger partial charge in [-0.05, 0) is 79.9 Å². The first-order valence-electron chi connectivity index (χ1n) is 11.9. The molecule has 162 valence electrons. The van der Waals surface area contributed by atoms with Crippen molar-refractivity contribution in [2.75, 3.05) is 26.2 Å². The number of benzene rings is 2. The summed E-state index contributed by atoms with van der Waals surface area (Å²) < 4.78 is 5.94. The van der Waals surface area contributed by atoms with Crippen molar-refractivity contribution < 1.29 is 9.53 Å². The predicted octanol–water partition coefficient (Wildman–Crippen LogP) is 3.98. The van der Waals surface area contributed by atoms with Crippen LogP contribution < -0.4 is 10.1 Å². The normalized spacial score (nSPS) is 29.4. The molecule has 5 nitrogen and oxygen atoms in total. The Morgan fingerprint density at radius 1 is 0.935 bits per heavy atom. The van der Waals surface area contributed by atoms with Gasteiger partial charge in [0.25, 0.3) is 0 Å². The second-order valence-electron chi connectivity index (χ2n) is 9.63. The van der Waals surface area contributed by atoms with Gasteiger partial charge in [0.05, 0.1) is 12.1 Å². The first kappa shape index (κ1) is 19.2.